The minimum absolute atomic E-state index is 0.0349. The van der Waals surface area contributed by atoms with Crippen molar-refractivity contribution in [3.8, 4) is 23.0 Å². The number of fused-ring (bicyclic) bond motifs is 1. The number of hydroxylamine groups is 1. The summed E-state index contributed by atoms with van der Waals surface area (Å²) in [5, 5.41) is 43.5. The number of amidine groups is 2. The van der Waals surface area contributed by atoms with Gasteiger partial charge in [0, 0.05) is 60.2 Å². The molecule has 3 aliphatic rings. The summed E-state index contributed by atoms with van der Waals surface area (Å²) in [5.74, 6) is -1.41. The fraction of sp³-hybridized carbons (Fsp3) is 0.340. The van der Waals surface area contributed by atoms with Gasteiger partial charge >= 0.3 is 6.09 Å². The Labute approximate surface area is 376 Å². The number of hydrogen-bond donors (Lipinski definition) is 7. The number of aldehydes is 1. The lowest BCUT2D eigenvalue weighted by Gasteiger charge is -2.31. The number of rotatable bonds is 12. The van der Waals surface area contributed by atoms with Crippen LogP contribution in [-0.4, -0.2) is 108 Å². The van der Waals surface area contributed by atoms with Crippen LogP contribution in [0, 0.1) is 16.7 Å². The Balaban J connectivity index is 0.00000168. The molecule has 7 N–H and O–H groups in total. The normalized spacial score (nSPS) is 15.9. The minimum Gasteiger partial charge on any atom is -0.508 e. The molecule has 0 aromatic heterocycles. The van der Waals surface area contributed by atoms with Crippen LogP contribution >= 0.6 is 0 Å². The highest BCUT2D eigenvalue weighted by Crippen LogP contribution is 2.35. The second-order valence-corrected chi connectivity index (χ2v) is 15.9. The number of amides is 4. The first-order valence-corrected chi connectivity index (χ1v) is 21.3. The predicted octanol–water partition coefficient (Wildman–Crippen LogP) is 6.12. The molecule has 1 atom stereocenters. The van der Waals surface area contributed by atoms with Gasteiger partial charge in [0.25, 0.3) is 17.7 Å². The summed E-state index contributed by atoms with van der Waals surface area (Å²) >= 11 is 0. The van der Waals surface area contributed by atoms with E-state index < -0.39 is 18.0 Å². The van der Waals surface area contributed by atoms with Gasteiger partial charge in [0.05, 0.1) is 18.8 Å². The van der Waals surface area contributed by atoms with Crippen LogP contribution in [0.25, 0.3) is 0 Å². The standard InChI is InChI=1S/C44H45N7O10.C3H9N/c1-25(2)32-20-33(38(54)21-37(32)53)40(46)51(39(45)23-52)28-8-12-30(13-9-28)61-29-10-6-27(7-11-29)42(56)49-17-14-26(15-18-49)24-59-44(58)47-35-5-3-4-31-34(35)22-50(43(31)57)36-16-19-60-48-41(36)55;1-3-4-2/h3-13,20-21,23,25-26,36,45-46,53-54H,14-19,22,24H2,1-2H3,(H,47,58)(H,48,55);4H,3H2,1-2H3. The molecule has 0 bridgehead atoms. The molecule has 0 radical (unpaired) electrons. The quantitative estimate of drug-likeness (QED) is 0.0483. The fourth-order valence-corrected chi connectivity index (χ4v) is 7.61. The molecule has 3 aliphatic heterocycles. The van der Waals surface area contributed by atoms with Crippen molar-refractivity contribution in [3.05, 3.63) is 107 Å². The summed E-state index contributed by atoms with van der Waals surface area (Å²) < 4.78 is 11.5. The fourth-order valence-electron chi connectivity index (χ4n) is 7.61. The number of nitrogens with one attached hydrogen (secondary N) is 5. The molecular formula is C47H54N8O10. The van der Waals surface area contributed by atoms with Gasteiger partial charge in [0.2, 0.25) is 0 Å². The summed E-state index contributed by atoms with van der Waals surface area (Å²) in [7, 11) is 1.93. The number of phenolic OH excluding ortho intramolecular Hbond substituents is 2. The van der Waals surface area contributed by atoms with Gasteiger partial charge in [-0.25, -0.2) is 10.3 Å². The second-order valence-electron chi connectivity index (χ2n) is 15.9. The van der Waals surface area contributed by atoms with E-state index in [0.29, 0.717) is 71.8 Å². The lowest BCUT2D eigenvalue weighted by Crippen LogP contribution is -2.51. The molecule has 18 nitrogen and oxygen atoms in total. The third-order valence-corrected chi connectivity index (χ3v) is 11.3. The van der Waals surface area contributed by atoms with Crippen LogP contribution in [-0.2, 0) is 25.7 Å². The maximum Gasteiger partial charge on any atom is 0.411 e. The molecule has 4 aromatic carbocycles. The van der Waals surface area contributed by atoms with E-state index >= 15 is 0 Å². The Kier molecular flexibility index (Phi) is 15.5. The highest BCUT2D eigenvalue weighted by Gasteiger charge is 2.39. The maximum atomic E-state index is 13.4. The van der Waals surface area contributed by atoms with E-state index in [9.17, 15) is 34.2 Å². The van der Waals surface area contributed by atoms with E-state index in [1.807, 2.05) is 20.9 Å². The Morgan fingerprint density at radius 2 is 1.63 bits per heavy atom. The van der Waals surface area contributed by atoms with Gasteiger partial charge in [-0.2, -0.15) is 0 Å². The van der Waals surface area contributed by atoms with Crippen LogP contribution in [0.2, 0.25) is 0 Å². The molecule has 0 saturated carbocycles. The average Bonchev–Trinajstić information content (AvgIpc) is 3.65. The van der Waals surface area contributed by atoms with Crippen LogP contribution in [0.3, 0.4) is 0 Å². The SMILES string of the molecule is CC(C)c1cc(C(=N)N(C(=N)C=O)c2ccc(Oc3ccc(C(=O)N4CCC(COC(=O)Nc5cccc6c5CN(C5CCONC5=O)C6=O)CC4)cc3)cc2)c(O)cc1O.CCNC. The molecule has 342 valence electrons. The van der Waals surface area contributed by atoms with Gasteiger partial charge in [0.1, 0.15) is 34.9 Å². The van der Waals surface area contributed by atoms with Gasteiger partial charge < -0.3 is 34.8 Å². The summed E-state index contributed by atoms with van der Waals surface area (Å²) in [6, 6.07) is 19.9. The largest absolute Gasteiger partial charge is 0.508 e. The number of hydrogen-bond acceptors (Lipinski definition) is 13. The highest BCUT2D eigenvalue weighted by molar-refractivity contribution is 6.41. The lowest BCUT2D eigenvalue weighted by molar-refractivity contribution is -0.146. The number of piperidine rings is 1. The van der Waals surface area contributed by atoms with Crippen LogP contribution < -0.4 is 25.8 Å². The van der Waals surface area contributed by atoms with Crippen molar-refractivity contribution in [2.45, 2.75) is 58.5 Å². The van der Waals surface area contributed by atoms with E-state index in [-0.39, 0.29) is 84.2 Å². The number of likely N-dealkylation sites (tertiary alicyclic amines) is 1. The average molecular weight is 891 g/mol. The Morgan fingerprint density at radius 1 is 0.969 bits per heavy atom. The van der Waals surface area contributed by atoms with Crippen molar-refractivity contribution < 1.29 is 48.5 Å². The molecule has 7 rings (SSSR count). The van der Waals surface area contributed by atoms with Gasteiger partial charge in [0.15, 0.2) is 12.1 Å². The first kappa shape index (κ1) is 47.2. The van der Waals surface area contributed by atoms with Crippen molar-refractivity contribution in [1.82, 2.24) is 20.6 Å². The van der Waals surface area contributed by atoms with Gasteiger partial charge in [-0.1, -0.05) is 26.8 Å². The van der Waals surface area contributed by atoms with Gasteiger partial charge in [-0.15, -0.1) is 0 Å². The highest BCUT2D eigenvalue weighted by atomic mass is 16.7. The summed E-state index contributed by atoms with van der Waals surface area (Å²) in [6.45, 7) is 8.40. The first-order chi connectivity index (χ1) is 31.2. The number of nitrogens with zero attached hydrogens (tertiary/aromatic N) is 3. The van der Waals surface area contributed by atoms with E-state index in [1.54, 1.807) is 71.6 Å². The van der Waals surface area contributed by atoms with Crippen LogP contribution in [0.15, 0.2) is 78.9 Å². The summed E-state index contributed by atoms with van der Waals surface area (Å²) in [4.78, 5) is 72.6. The number of benzene rings is 4. The van der Waals surface area contributed by atoms with E-state index in [0.717, 1.165) is 17.5 Å². The Hall–Kier alpha value is -7.31. The number of anilines is 2. The topological polar surface area (TPSA) is 247 Å². The Morgan fingerprint density at radius 3 is 2.25 bits per heavy atom. The number of aromatic hydroxyl groups is 2. The zero-order valence-corrected chi connectivity index (χ0v) is 36.7. The first-order valence-electron chi connectivity index (χ1n) is 21.3. The number of carbonyl (C=O) groups is 5. The smallest absolute Gasteiger partial charge is 0.411 e. The van der Waals surface area contributed by atoms with Crippen LogP contribution in [0.1, 0.15) is 83.4 Å². The molecule has 4 amide bonds. The molecule has 4 aromatic rings. The summed E-state index contributed by atoms with van der Waals surface area (Å²) in [5.41, 5.74) is 5.08. The molecule has 2 fully saturated rings. The minimum atomic E-state index is -0.663. The van der Waals surface area contributed by atoms with Crippen LogP contribution in [0.5, 0.6) is 23.0 Å². The summed E-state index contributed by atoms with van der Waals surface area (Å²) in [6.07, 6.45) is 1.26. The van der Waals surface area contributed by atoms with E-state index in [1.165, 1.54) is 11.0 Å². The maximum absolute atomic E-state index is 13.4. The molecule has 0 aliphatic carbocycles. The van der Waals surface area contributed by atoms with Crippen molar-refractivity contribution in [2.24, 2.45) is 5.92 Å². The molecule has 18 heteroatoms. The van der Waals surface area contributed by atoms with Crippen molar-refractivity contribution in [3.63, 3.8) is 0 Å². The van der Waals surface area contributed by atoms with Crippen molar-refractivity contribution in [2.75, 3.05) is 50.1 Å². The van der Waals surface area contributed by atoms with E-state index in [4.69, 9.17) is 25.1 Å². The van der Waals surface area contributed by atoms with Crippen molar-refractivity contribution >= 4 is 53.1 Å². The molecule has 3 heterocycles. The molecule has 0 spiro atoms. The number of phenols is 2. The van der Waals surface area contributed by atoms with Gasteiger partial charge in [-0.05, 0) is 111 Å². The van der Waals surface area contributed by atoms with E-state index in [2.05, 4.69) is 23.0 Å². The molecule has 2 saturated heterocycles. The second kappa shape index (κ2) is 21.4. The monoisotopic (exact) mass is 890 g/mol. The number of ether oxygens (including phenoxy) is 2. The molecule has 1 unspecified atom stereocenters. The van der Waals surface area contributed by atoms with Crippen LogP contribution in [0.4, 0.5) is 16.2 Å². The Bertz CT molecular complexity index is 2410. The third kappa shape index (κ3) is 11.1. The third-order valence-electron chi connectivity index (χ3n) is 11.3. The van der Waals surface area contributed by atoms with Crippen molar-refractivity contribution in [1.29, 1.82) is 10.8 Å². The number of carbonyl (C=O) groups excluding carboxylic acids is 5. The predicted molar refractivity (Wildman–Crippen MR) is 242 cm³/mol. The van der Waals surface area contributed by atoms with Gasteiger partial charge in [-0.3, -0.25) is 45.1 Å². The molecule has 65 heavy (non-hydrogen) atoms. The zero-order chi connectivity index (χ0) is 46.8. The zero-order valence-electron chi connectivity index (χ0n) is 36.7. The molecular weight excluding hydrogens is 837 g/mol. The lowest BCUT2D eigenvalue weighted by atomic mass is 9.97.